The SMILES string of the molecule is Cc1ccccc1CN(C)C(=O)C(C)N1CCC(C)C(O)C1. The molecule has 3 atom stereocenters. The van der Waals surface area contributed by atoms with E-state index in [1.54, 1.807) is 4.90 Å². The summed E-state index contributed by atoms with van der Waals surface area (Å²) in [6.45, 7) is 8.18. The molecule has 1 aliphatic rings. The Labute approximate surface area is 133 Å². The van der Waals surface area contributed by atoms with Crippen molar-refractivity contribution in [1.82, 2.24) is 9.80 Å². The lowest BCUT2D eigenvalue weighted by Gasteiger charge is -2.38. The van der Waals surface area contributed by atoms with E-state index in [0.29, 0.717) is 19.0 Å². The number of aryl methyl sites for hydroxylation is 1. The van der Waals surface area contributed by atoms with Crippen LogP contribution in [-0.4, -0.2) is 53.1 Å². The number of rotatable bonds is 4. The van der Waals surface area contributed by atoms with Crippen LogP contribution in [0.3, 0.4) is 0 Å². The zero-order chi connectivity index (χ0) is 16.3. The average molecular weight is 304 g/mol. The molecule has 0 spiro atoms. The Morgan fingerprint density at radius 2 is 2.14 bits per heavy atom. The highest BCUT2D eigenvalue weighted by Gasteiger charge is 2.31. The van der Waals surface area contributed by atoms with E-state index in [1.807, 2.05) is 26.1 Å². The van der Waals surface area contributed by atoms with Gasteiger partial charge >= 0.3 is 0 Å². The van der Waals surface area contributed by atoms with Crippen LogP contribution in [-0.2, 0) is 11.3 Å². The molecule has 0 aromatic heterocycles. The second-order valence-electron chi connectivity index (χ2n) is 6.63. The lowest BCUT2D eigenvalue weighted by atomic mass is 9.95. The molecule has 0 aliphatic carbocycles. The van der Waals surface area contributed by atoms with Crippen molar-refractivity contribution in [2.75, 3.05) is 20.1 Å². The van der Waals surface area contributed by atoms with Gasteiger partial charge in [0.2, 0.25) is 5.91 Å². The fourth-order valence-corrected chi connectivity index (χ4v) is 3.02. The minimum atomic E-state index is -0.328. The van der Waals surface area contributed by atoms with Crippen LogP contribution in [0.4, 0.5) is 0 Å². The first kappa shape index (κ1) is 17.0. The van der Waals surface area contributed by atoms with Gasteiger partial charge in [-0.25, -0.2) is 0 Å². The summed E-state index contributed by atoms with van der Waals surface area (Å²) in [5, 5.41) is 10.0. The number of aliphatic hydroxyl groups is 1. The van der Waals surface area contributed by atoms with E-state index in [4.69, 9.17) is 0 Å². The van der Waals surface area contributed by atoms with Crippen molar-refractivity contribution in [3.05, 3.63) is 35.4 Å². The third-order valence-corrected chi connectivity index (χ3v) is 4.90. The number of β-amino-alcohol motifs (C(OH)–C–C–N with tert-alkyl or cyclic N) is 1. The summed E-state index contributed by atoms with van der Waals surface area (Å²) in [4.78, 5) is 16.5. The Morgan fingerprint density at radius 1 is 1.45 bits per heavy atom. The molecule has 22 heavy (non-hydrogen) atoms. The van der Waals surface area contributed by atoms with E-state index < -0.39 is 0 Å². The monoisotopic (exact) mass is 304 g/mol. The summed E-state index contributed by atoms with van der Waals surface area (Å²) in [5.41, 5.74) is 2.38. The molecule has 122 valence electrons. The summed E-state index contributed by atoms with van der Waals surface area (Å²) in [7, 11) is 1.86. The van der Waals surface area contributed by atoms with Gasteiger partial charge in [0.25, 0.3) is 0 Å². The average Bonchev–Trinajstić information content (AvgIpc) is 2.50. The number of carbonyl (C=O) groups excluding carboxylic acids is 1. The summed E-state index contributed by atoms with van der Waals surface area (Å²) in [6, 6.07) is 7.97. The van der Waals surface area contributed by atoms with E-state index in [-0.39, 0.29) is 18.1 Å². The molecule has 2 rings (SSSR count). The largest absolute Gasteiger partial charge is 0.392 e. The van der Waals surface area contributed by atoms with Crippen LogP contribution in [0, 0.1) is 12.8 Å². The molecule has 1 N–H and O–H groups in total. The van der Waals surface area contributed by atoms with Crippen LogP contribution in [0.5, 0.6) is 0 Å². The van der Waals surface area contributed by atoms with Crippen molar-refractivity contribution in [2.45, 2.75) is 45.9 Å². The predicted octanol–water partition coefficient (Wildman–Crippen LogP) is 2.04. The predicted molar refractivity (Wildman–Crippen MR) is 88.5 cm³/mol. The van der Waals surface area contributed by atoms with Gasteiger partial charge in [-0.3, -0.25) is 9.69 Å². The maximum absolute atomic E-state index is 12.6. The topological polar surface area (TPSA) is 43.8 Å². The Balaban J connectivity index is 1.96. The van der Waals surface area contributed by atoms with Crippen LogP contribution in [0.2, 0.25) is 0 Å². The van der Waals surface area contributed by atoms with Gasteiger partial charge in [0.15, 0.2) is 0 Å². The molecule has 1 aromatic carbocycles. The van der Waals surface area contributed by atoms with E-state index in [0.717, 1.165) is 13.0 Å². The summed E-state index contributed by atoms with van der Waals surface area (Å²) >= 11 is 0. The number of piperidine rings is 1. The second-order valence-corrected chi connectivity index (χ2v) is 6.63. The highest BCUT2D eigenvalue weighted by molar-refractivity contribution is 5.81. The van der Waals surface area contributed by atoms with Crippen LogP contribution in [0.1, 0.15) is 31.4 Å². The number of amides is 1. The number of hydrogen-bond donors (Lipinski definition) is 1. The van der Waals surface area contributed by atoms with Crippen LogP contribution in [0.15, 0.2) is 24.3 Å². The molecule has 3 unspecified atom stereocenters. The van der Waals surface area contributed by atoms with Gasteiger partial charge in [-0.1, -0.05) is 31.2 Å². The number of hydrogen-bond acceptors (Lipinski definition) is 3. The molecule has 1 fully saturated rings. The zero-order valence-corrected chi connectivity index (χ0v) is 14.1. The lowest BCUT2D eigenvalue weighted by Crippen LogP contribution is -2.52. The minimum Gasteiger partial charge on any atom is -0.392 e. The van der Waals surface area contributed by atoms with Crippen LogP contribution in [0.25, 0.3) is 0 Å². The van der Waals surface area contributed by atoms with E-state index in [2.05, 4.69) is 30.9 Å². The molecular formula is C18H28N2O2. The molecule has 4 heteroatoms. The maximum Gasteiger partial charge on any atom is 0.239 e. The molecule has 0 radical (unpaired) electrons. The Hall–Kier alpha value is -1.39. The Morgan fingerprint density at radius 3 is 2.77 bits per heavy atom. The number of likely N-dealkylation sites (tertiary alicyclic amines) is 1. The maximum atomic E-state index is 12.6. The molecular weight excluding hydrogens is 276 g/mol. The first-order valence-corrected chi connectivity index (χ1v) is 8.11. The first-order chi connectivity index (χ1) is 10.4. The molecule has 0 bridgehead atoms. The molecule has 1 aliphatic heterocycles. The zero-order valence-electron chi connectivity index (χ0n) is 14.1. The standard InChI is InChI=1S/C18H28N2O2/c1-13-7-5-6-8-16(13)11-19(4)18(22)15(3)20-10-9-14(2)17(21)12-20/h5-8,14-15,17,21H,9-12H2,1-4H3. The Bertz CT molecular complexity index is 518. The minimum absolute atomic E-state index is 0.116. The number of nitrogens with zero attached hydrogens (tertiary/aromatic N) is 2. The Kier molecular flexibility index (Phi) is 5.59. The van der Waals surface area contributed by atoms with Crippen molar-refractivity contribution in [2.24, 2.45) is 5.92 Å². The molecule has 0 saturated carbocycles. The fraction of sp³-hybridized carbons (Fsp3) is 0.611. The van der Waals surface area contributed by atoms with Gasteiger partial charge in [0, 0.05) is 20.1 Å². The van der Waals surface area contributed by atoms with Crippen LogP contribution < -0.4 is 0 Å². The number of likely N-dealkylation sites (N-methyl/N-ethyl adjacent to an activating group) is 1. The van der Waals surface area contributed by atoms with Gasteiger partial charge in [-0.05, 0) is 43.9 Å². The molecule has 4 nitrogen and oxygen atoms in total. The highest BCUT2D eigenvalue weighted by Crippen LogP contribution is 2.20. The number of aliphatic hydroxyl groups excluding tert-OH is 1. The smallest absolute Gasteiger partial charge is 0.239 e. The van der Waals surface area contributed by atoms with E-state index in [1.165, 1.54) is 11.1 Å². The third kappa shape index (κ3) is 3.87. The number of carbonyl (C=O) groups is 1. The van der Waals surface area contributed by atoms with E-state index in [9.17, 15) is 9.90 Å². The summed E-state index contributed by atoms with van der Waals surface area (Å²) in [5.74, 6) is 0.438. The lowest BCUT2D eigenvalue weighted by molar-refractivity contribution is -0.137. The molecule has 1 heterocycles. The van der Waals surface area contributed by atoms with Gasteiger partial charge in [0.05, 0.1) is 12.1 Å². The molecule has 1 aromatic rings. The third-order valence-electron chi connectivity index (χ3n) is 4.90. The fourth-order valence-electron chi connectivity index (χ4n) is 3.02. The van der Waals surface area contributed by atoms with Crippen molar-refractivity contribution in [1.29, 1.82) is 0 Å². The normalized spacial score (nSPS) is 24.0. The van der Waals surface area contributed by atoms with Crippen molar-refractivity contribution in [3.63, 3.8) is 0 Å². The van der Waals surface area contributed by atoms with E-state index >= 15 is 0 Å². The van der Waals surface area contributed by atoms with Crippen LogP contribution >= 0.6 is 0 Å². The van der Waals surface area contributed by atoms with Crippen molar-refractivity contribution in [3.8, 4) is 0 Å². The second kappa shape index (κ2) is 7.25. The summed E-state index contributed by atoms with van der Waals surface area (Å²) < 4.78 is 0. The molecule has 1 saturated heterocycles. The van der Waals surface area contributed by atoms with Gasteiger partial charge in [0.1, 0.15) is 0 Å². The summed E-state index contributed by atoms with van der Waals surface area (Å²) in [6.07, 6.45) is 0.617. The van der Waals surface area contributed by atoms with Crippen molar-refractivity contribution < 1.29 is 9.90 Å². The highest BCUT2D eigenvalue weighted by atomic mass is 16.3. The first-order valence-electron chi connectivity index (χ1n) is 8.11. The van der Waals surface area contributed by atoms with Gasteiger partial charge in [-0.2, -0.15) is 0 Å². The molecule has 1 amide bonds. The van der Waals surface area contributed by atoms with Gasteiger partial charge in [-0.15, -0.1) is 0 Å². The quantitative estimate of drug-likeness (QED) is 0.926. The number of benzene rings is 1. The van der Waals surface area contributed by atoms with Crippen molar-refractivity contribution >= 4 is 5.91 Å². The van der Waals surface area contributed by atoms with Gasteiger partial charge < -0.3 is 10.0 Å².